The molecule has 2 aromatic rings. The summed E-state index contributed by atoms with van der Waals surface area (Å²) in [6.45, 7) is 1.43. The van der Waals surface area contributed by atoms with E-state index in [-0.39, 0.29) is 21.7 Å². The zero-order chi connectivity index (χ0) is 18.8. The molecule has 0 aliphatic carbocycles. The van der Waals surface area contributed by atoms with Crippen LogP contribution in [0, 0.1) is 0 Å². The van der Waals surface area contributed by atoms with Crippen molar-refractivity contribution in [3.05, 3.63) is 47.8 Å². The Kier molecular flexibility index (Phi) is 5.68. The number of carbonyl (C=O) groups is 1. The van der Waals surface area contributed by atoms with Crippen molar-refractivity contribution < 1.29 is 26.4 Å². The molecule has 0 aliphatic heterocycles. The average molecular weight is 436 g/mol. The topological polar surface area (TPSA) is 64.1 Å². The van der Waals surface area contributed by atoms with Gasteiger partial charge in [-0.2, -0.15) is 13.2 Å². The van der Waals surface area contributed by atoms with Gasteiger partial charge in [0, 0.05) is 11.8 Å². The van der Waals surface area contributed by atoms with Gasteiger partial charge in [-0.1, -0.05) is 35.0 Å². The largest absolute Gasteiger partial charge is 0.416 e. The molecule has 0 spiro atoms. The summed E-state index contributed by atoms with van der Waals surface area (Å²) in [5.74, 6) is -0.723. The molecule has 134 valence electrons. The van der Waals surface area contributed by atoms with Crippen LogP contribution in [0.2, 0.25) is 0 Å². The van der Waals surface area contributed by atoms with Crippen LogP contribution in [-0.4, -0.2) is 30.3 Å². The highest BCUT2D eigenvalue weighted by atomic mass is 79.9. The molecular weight excluding hydrogens is 423 g/mol. The summed E-state index contributed by atoms with van der Waals surface area (Å²) in [5, 5.41) is -0.0914. The lowest BCUT2D eigenvalue weighted by Crippen LogP contribution is -2.14. The molecule has 0 N–H and O–H groups in total. The van der Waals surface area contributed by atoms with E-state index >= 15 is 0 Å². The van der Waals surface area contributed by atoms with Gasteiger partial charge in [-0.05, 0) is 23.8 Å². The SMILES string of the molecule is CCS(=O)(=O)c1cc(-c2ccc(C(F)(F)F)cc2)cnc1C(=O)CBr. The van der Waals surface area contributed by atoms with Gasteiger partial charge in [-0.15, -0.1) is 0 Å². The van der Waals surface area contributed by atoms with Crippen molar-refractivity contribution in [1.82, 2.24) is 4.98 Å². The summed E-state index contributed by atoms with van der Waals surface area (Å²) in [7, 11) is -3.73. The lowest BCUT2D eigenvalue weighted by Gasteiger charge is -2.11. The molecule has 0 aliphatic rings. The van der Waals surface area contributed by atoms with E-state index in [0.29, 0.717) is 11.1 Å². The summed E-state index contributed by atoms with van der Waals surface area (Å²) in [5.41, 5.74) is -0.316. The summed E-state index contributed by atoms with van der Waals surface area (Å²) < 4.78 is 62.4. The fourth-order valence-electron chi connectivity index (χ4n) is 2.12. The van der Waals surface area contributed by atoms with E-state index in [9.17, 15) is 26.4 Å². The smallest absolute Gasteiger partial charge is 0.291 e. The molecule has 1 aromatic heterocycles. The molecule has 25 heavy (non-hydrogen) atoms. The van der Waals surface area contributed by atoms with Crippen molar-refractivity contribution in [3.8, 4) is 11.1 Å². The third-order valence-corrected chi connectivity index (χ3v) is 5.75. The van der Waals surface area contributed by atoms with Crippen LogP contribution < -0.4 is 0 Å². The first-order valence-electron chi connectivity index (χ1n) is 7.09. The van der Waals surface area contributed by atoms with Gasteiger partial charge < -0.3 is 0 Å². The van der Waals surface area contributed by atoms with Crippen LogP contribution in [0.4, 0.5) is 13.2 Å². The van der Waals surface area contributed by atoms with Crippen molar-refractivity contribution in [1.29, 1.82) is 0 Å². The summed E-state index contributed by atoms with van der Waals surface area (Å²) in [6, 6.07) is 5.54. The van der Waals surface area contributed by atoms with Crippen LogP contribution in [0.1, 0.15) is 23.0 Å². The summed E-state index contributed by atoms with van der Waals surface area (Å²) >= 11 is 2.97. The van der Waals surface area contributed by atoms with Crippen molar-refractivity contribution in [2.75, 3.05) is 11.1 Å². The molecule has 1 heterocycles. The number of ketones is 1. The van der Waals surface area contributed by atoms with Gasteiger partial charge in [-0.3, -0.25) is 9.78 Å². The van der Waals surface area contributed by atoms with E-state index in [1.165, 1.54) is 31.3 Å². The second-order valence-electron chi connectivity index (χ2n) is 5.11. The number of rotatable bonds is 5. The molecule has 0 radical (unpaired) electrons. The van der Waals surface area contributed by atoms with Crippen LogP contribution in [0.3, 0.4) is 0 Å². The predicted octanol–water partition coefficient (Wildman–Crippen LogP) is 4.14. The fourth-order valence-corrected chi connectivity index (χ4v) is 3.46. The minimum absolute atomic E-state index is 0.0914. The number of pyridine rings is 1. The molecule has 0 amide bonds. The Morgan fingerprint density at radius 3 is 2.24 bits per heavy atom. The first kappa shape index (κ1) is 19.6. The maximum absolute atomic E-state index is 12.6. The molecule has 0 fully saturated rings. The van der Waals surface area contributed by atoms with Gasteiger partial charge in [0.1, 0.15) is 5.69 Å². The van der Waals surface area contributed by atoms with Gasteiger partial charge in [0.05, 0.1) is 21.5 Å². The van der Waals surface area contributed by atoms with Crippen molar-refractivity contribution >= 4 is 31.6 Å². The van der Waals surface area contributed by atoms with Crippen LogP contribution in [-0.2, 0) is 16.0 Å². The number of halogens is 4. The quantitative estimate of drug-likeness (QED) is 0.522. The van der Waals surface area contributed by atoms with E-state index in [4.69, 9.17) is 0 Å². The predicted molar refractivity (Wildman–Crippen MR) is 90.5 cm³/mol. The molecule has 4 nitrogen and oxygen atoms in total. The number of benzene rings is 1. The van der Waals surface area contributed by atoms with Crippen LogP contribution >= 0.6 is 15.9 Å². The summed E-state index contributed by atoms with van der Waals surface area (Å²) in [4.78, 5) is 15.6. The lowest BCUT2D eigenvalue weighted by atomic mass is 10.0. The Morgan fingerprint density at radius 2 is 1.76 bits per heavy atom. The minimum atomic E-state index is -4.46. The molecule has 0 bridgehead atoms. The minimum Gasteiger partial charge on any atom is -0.291 e. The Morgan fingerprint density at radius 1 is 1.16 bits per heavy atom. The van der Waals surface area contributed by atoms with Gasteiger partial charge in [0.25, 0.3) is 0 Å². The van der Waals surface area contributed by atoms with Crippen LogP contribution in [0.25, 0.3) is 11.1 Å². The molecule has 0 unspecified atom stereocenters. The molecule has 2 rings (SSSR count). The van der Waals surface area contributed by atoms with E-state index in [0.717, 1.165) is 12.1 Å². The first-order chi connectivity index (χ1) is 11.6. The maximum atomic E-state index is 12.6. The van der Waals surface area contributed by atoms with Crippen molar-refractivity contribution in [2.45, 2.75) is 18.0 Å². The Bertz CT molecular complexity index is 894. The molecular formula is C16H13BrF3NO3S. The van der Waals surface area contributed by atoms with E-state index < -0.39 is 27.4 Å². The number of nitrogens with zero attached hydrogens (tertiary/aromatic N) is 1. The molecule has 0 saturated heterocycles. The van der Waals surface area contributed by atoms with Gasteiger partial charge in [-0.25, -0.2) is 8.42 Å². The second kappa shape index (κ2) is 7.25. The number of sulfone groups is 1. The zero-order valence-electron chi connectivity index (χ0n) is 13.0. The number of alkyl halides is 4. The number of hydrogen-bond donors (Lipinski definition) is 0. The van der Waals surface area contributed by atoms with Crippen molar-refractivity contribution in [3.63, 3.8) is 0 Å². The molecule has 9 heteroatoms. The van der Waals surface area contributed by atoms with Crippen molar-refractivity contribution in [2.24, 2.45) is 0 Å². The number of aromatic nitrogens is 1. The van der Waals surface area contributed by atoms with E-state index in [2.05, 4.69) is 20.9 Å². The maximum Gasteiger partial charge on any atom is 0.416 e. The molecule has 1 aromatic carbocycles. The molecule has 0 saturated carbocycles. The third-order valence-electron chi connectivity index (χ3n) is 3.50. The van der Waals surface area contributed by atoms with Crippen LogP contribution in [0.15, 0.2) is 41.4 Å². The third kappa shape index (κ3) is 4.27. The van der Waals surface area contributed by atoms with Gasteiger partial charge in [0.2, 0.25) is 0 Å². The highest BCUT2D eigenvalue weighted by molar-refractivity contribution is 9.09. The Balaban J connectivity index is 2.57. The highest BCUT2D eigenvalue weighted by Gasteiger charge is 2.30. The molecule has 0 atom stereocenters. The monoisotopic (exact) mass is 435 g/mol. The Hall–Kier alpha value is -1.74. The highest BCUT2D eigenvalue weighted by Crippen LogP contribution is 2.31. The summed E-state index contributed by atoms with van der Waals surface area (Å²) in [6.07, 6.45) is -3.19. The number of hydrogen-bond acceptors (Lipinski definition) is 4. The average Bonchev–Trinajstić information content (AvgIpc) is 2.60. The fraction of sp³-hybridized carbons (Fsp3) is 0.250. The number of Topliss-reactive ketones (excluding diaryl/α,β-unsaturated/α-hetero) is 1. The van der Waals surface area contributed by atoms with Gasteiger partial charge in [0.15, 0.2) is 15.6 Å². The van der Waals surface area contributed by atoms with E-state index in [1.807, 2.05) is 0 Å². The van der Waals surface area contributed by atoms with Gasteiger partial charge >= 0.3 is 6.18 Å². The number of carbonyl (C=O) groups excluding carboxylic acids is 1. The lowest BCUT2D eigenvalue weighted by molar-refractivity contribution is -0.137. The van der Waals surface area contributed by atoms with E-state index in [1.54, 1.807) is 0 Å². The zero-order valence-corrected chi connectivity index (χ0v) is 15.4. The van der Waals surface area contributed by atoms with Crippen LogP contribution in [0.5, 0.6) is 0 Å². The first-order valence-corrected chi connectivity index (χ1v) is 9.87. The Labute approximate surface area is 151 Å². The normalized spacial score (nSPS) is 12.2. The second-order valence-corrected chi connectivity index (χ2v) is 7.91. The standard InChI is InChI=1S/C16H13BrF3NO3S/c1-2-25(23,24)14-7-11(9-21-15(14)13(22)8-17)10-3-5-12(6-4-10)16(18,19)20/h3-7,9H,2,8H2,1H3.